The topological polar surface area (TPSA) is 171 Å². The zero-order valence-corrected chi connectivity index (χ0v) is 25.6. The third-order valence-corrected chi connectivity index (χ3v) is 4.48. The van der Waals surface area contributed by atoms with Crippen molar-refractivity contribution in [3.8, 4) is 0 Å². The second-order valence-electron chi connectivity index (χ2n) is 7.27. The van der Waals surface area contributed by atoms with Gasteiger partial charge in [0.25, 0.3) is 11.9 Å². The Morgan fingerprint density at radius 1 is 0.929 bits per heavy atom. The number of ether oxygens (including phenoxy) is 3. The molecule has 1 atom stereocenters. The molecule has 230 valence electrons. The van der Waals surface area contributed by atoms with Gasteiger partial charge in [0, 0.05) is 45.9 Å². The fraction of sp³-hybridized carbons (Fsp3) is 0.286. The molecular weight excluding hydrogens is 645 g/mol. The second-order valence-corrected chi connectivity index (χ2v) is 7.27. The normalized spacial score (nSPS) is 11.9. The summed E-state index contributed by atoms with van der Waals surface area (Å²) in [6, 6.07) is 14.1. The number of ketones is 1. The van der Waals surface area contributed by atoms with Crippen LogP contribution in [0.2, 0.25) is 0 Å². The summed E-state index contributed by atoms with van der Waals surface area (Å²) in [6.07, 6.45) is 3.24. The van der Waals surface area contributed by atoms with E-state index in [0.29, 0.717) is 23.1 Å². The third kappa shape index (κ3) is 18.7. The maximum absolute atomic E-state index is 11.7. The van der Waals surface area contributed by atoms with Gasteiger partial charge < -0.3 is 25.9 Å². The van der Waals surface area contributed by atoms with Crippen LogP contribution in [0.4, 0.5) is 4.39 Å². The van der Waals surface area contributed by atoms with E-state index >= 15 is 0 Å². The summed E-state index contributed by atoms with van der Waals surface area (Å²) >= 11 is 0. The van der Waals surface area contributed by atoms with E-state index in [4.69, 9.17) is 21.2 Å². The first-order chi connectivity index (χ1) is 19.3. The first-order valence-corrected chi connectivity index (χ1v) is 11.2. The zero-order chi connectivity index (χ0) is 32.0. The summed E-state index contributed by atoms with van der Waals surface area (Å²) in [5.41, 5.74) is 2.61. The molecule has 1 unspecified atom stereocenters. The molecule has 3 rings (SSSR count). The Balaban J connectivity index is -0.000000165. The maximum atomic E-state index is 11.7. The second kappa shape index (κ2) is 26.3. The van der Waals surface area contributed by atoms with Crippen molar-refractivity contribution in [2.45, 2.75) is 20.3 Å². The number of methoxy groups -OCH3 is 3. The molecule has 1 aliphatic carbocycles. The van der Waals surface area contributed by atoms with Gasteiger partial charge in [0.2, 0.25) is 0 Å². The summed E-state index contributed by atoms with van der Waals surface area (Å²) < 4.78 is 29.2. The molecule has 0 heterocycles. The summed E-state index contributed by atoms with van der Waals surface area (Å²) in [6.45, 7) is 2.17. The number of halogens is 1. The van der Waals surface area contributed by atoms with Crippen LogP contribution >= 0.6 is 0 Å². The van der Waals surface area contributed by atoms with Crippen LogP contribution in [0.1, 0.15) is 48.5 Å². The fourth-order valence-electron chi connectivity index (χ4n) is 2.94. The predicted molar refractivity (Wildman–Crippen MR) is 144 cm³/mol. The Bertz CT molecular complexity index is 1190. The SMILES string of the molecule is CC(=O)O.CC(=O)O.COC(=O)/C=C/c1ccccc1C(=O)OC.COC(=O)C1Cc2ccccc2C1=O.[2H]CF.[H-].[Li+].[Pd]. The minimum Gasteiger partial charge on any atom is -1.00 e. The summed E-state index contributed by atoms with van der Waals surface area (Å²) in [5, 5.41) is 14.8. The molecule has 14 heteroatoms. The Kier molecular flexibility index (Phi) is 26.8. The molecular formula is C28H34FLiO11Pd. The van der Waals surface area contributed by atoms with Crippen LogP contribution in [0.15, 0.2) is 54.6 Å². The average Bonchev–Trinajstić information content (AvgIpc) is 3.27. The van der Waals surface area contributed by atoms with Gasteiger partial charge in [-0.25, -0.2) is 9.59 Å². The van der Waals surface area contributed by atoms with Gasteiger partial charge in [-0.2, -0.15) is 0 Å². The molecule has 0 saturated heterocycles. The number of carboxylic acid groups (broad SMARTS) is 2. The van der Waals surface area contributed by atoms with Crippen LogP contribution in [0.25, 0.3) is 6.08 Å². The molecule has 0 fully saturated rings. The summed E-state index contributed by atoms with van der Waals surface area (Å²) in [5.74, 6) is -3.76. The Morgan fingerprint density at radius 2 is 1.40 bits per heavy atom. The van der Waals surface area contributed by atoms with E-state index < -0.39 is 42.9 Å². The minimum atomic E-state index is -1.00. The Morgan fingerprint density at radius 3 is 1.86 bits per heavy atom. The first-order valence-electron chi connectivity index (χ1n) is 11.9. The number of fused-ring (bicyclic) bond motifs is 1. The standard InChI is InChI=1S/C12H12O4.C11H10O3.2C2H4O2.CH3F.Li.Pd.H/c1-15-11(13)8-7-9-5-3-4-6-10(9)12(14)16-2;1-14-11(13)9-6-7-4-2-3-5-8(7)10(9)12;2*1-2(3)4;1-2;;;/h3-8H,1-2H3;2-5,9H,6H2,1H3;2*1H3,(H,3,4);1H3;;;/q;;;;;+1;;-1/b8-7+;;;;;;;/i;;;;1D;;;. The number of esters is 3. The van der Waals surface area contributed by atoms with Crippen LogP contribution in [0.5, 0.6) is 0 Å². The molecule has 0 bridgehead atoms. The zero-order valence-electron chi connectivity index (χ0n) is 26.0. The molecule has 0 radical (unpaired) electrons. The number of hydrogen-bond donors (Lipinski definition) is 2. The van der Waals surface area contributed by atoms with Gasteiger partial charge >= 0.3 is 36.8 Å². The van der Waals surface area contributed by atoms with Gasteiger partial charge in [-0.05, 0) is 29.7 Å². The molecule has 1 aliphatic rings. The van der Waals surface area contributed by atoms with Gasteiger partial charge in [0.1, 0.15) is 5.92 Å². The molecule has 0 amide bonds. The van der Waals surface area contributed by atoms with E-state index in [1.165, 1.54) is 33.5 Å². The monoisotopic (exact) mass is 679 g/mol. The van der Waals surface area contributed by atoms with Crippen molar-refractivity contribution in [2.75, 3.05) is 28.5 Å². The molecule has 0 spiro atoms. The van der Waals surface area contributed by atoms with E-state index in [1.807, 2.05) is 12.1 Å². The van der Waals surface area contributed by atoms with E-state index in [2.05, 4.69) is 14.2 Å². The summed E-state index contributed by atoms with van der Waals surface area (Å²) in [4.78, 5) is 63.2. The van der Waals surface area contributed by atoms with Crippen molar-refractivity contribution < 1.29 is 99.7 Å². The molecule has 2 aromatic carbocycles. The number of carboxylic acids is 2. The number of benzene rings is 2. The van der Waals surface area contributed by atoms with Gasteiger partial charge in [0.15, 0.2) is 5.78 Å². The average molecular weight is 680 g/mol. The summed E-state index contributed by atoms with van der Waals surface area (Å²) in [7, 11) is 2.90. The number of hydrogen-bond acceptors (Lipinski definition) is 9. The number of carbonyl (C=O) groups is 6. The van der Waals surface area contributed by atoms with E-state index in [1.54, 1.807) is 36.4 Å². The Hall–Kier alpha value is -3.61. The fourth-order valence-corrected chi connectivity index (χ4v) is 2.94. The van der Waals surface area contributed by atoms with Crippen molar-refractivity contribution in [3.63, 3.8) is 0 Å². The third-order valence-electron chi connectivity index (χ3n) is 4.48. The maximum Gasteiger partial charge on any atom is 1.00 e. The smallest absolute Gasteiger partial charge is 1.00 e. The number of aliphatic carboxylic acids is 2. The van der Waals surface area contributed by atoms with Gasteiger partial charge in [-0.1, -0.05) is 42.5 Å². The molecule has 0 aromatic heterocycles. The van der Waals surface area contributed by atoms with Crippen LogP contribution in [-0.2, 0) is 60.2 Å². The minimum absolute atomic E-state index is 0. The van der Waals surface area contributed by atoms with Crippen LogP contribution in [0, 0.1) is 5.92 Å². The van der Waals surface area contributed by atoms with Crippen molar-refractivity contribution in [1.82, 2.24) is 0 Å². The van der Waals surface area contributed by atoms with Gasteiger partial charge in [-0.3, -0.25) is 23.6 Å². The number of alkyl halides is 1. The van der Waals surface area contributed by atoms with Crippen LogP contribution < -0.4 is 18.9 Å². The predicted octanol–water partition coefficient (Wildman–Crippen LogP) is 0.756. The molecule has 2 aromatic rings. The quantitative estimate of drug-likeness (QED) is 0.154. The van der Waals surface area contributed by atoms with E-state index in [0.717, 1.165) is 19.4 Å². The number of Topliss-reactive ketones (excluding diaryl/α,β-unsaturated/α-hetero) is 1. The van der Waals surface area contributed by atoms with Gasteiger partial charge in [0.05, 0.1) is 35.4 Å². The van der Waals surface area contributed by atoms with Crippen molar-refractivity contribution in [2.24, 2.45) is 5.92 Å². The van der Waals surface area contributed by atoms with Crippen LogP contribution in [0.3, 0.4) is 0 Å². The largest absolute Gasteiger partial charge is 1.00 e. The van der Waals surface area contributed by atoms with Crippen molar-refractivity contribution >= 4 is 41.7 Å². The molecule has 42 heavy (non-hydrogen) atoms. The number of rotatable bonds is 4. The van der Waals surface area contributed by atoms with Crippen molar-refractivity contribution in [3.05, 3.63) is 76.9 Å². The molecule has 2 N–H and O–H groups in total. The number of carbonyl (C=O) groups excluding carboxylic acids is 4. The van der Waals surface area contributed by atoms with Gasteiger partial charge in [-0.15, -0.1) is 0 Å². The molecule has 0 aliphatic heterocycles. The molecule has 0 saturated carbocycles. The molecule has 11 nitrogen and oxygen atoms in total. The van der Waals surface area contributed by atoms with E-state index in [-0.39, 0.29) is 46.5 Å². The first kappa shape index (κ1) is 42.9. The van der Waals surface area contributed by atoms with Crippen LogP contribution in [-0.4, -0.2) is 74.3 Å². The Labute approximate surface area is 272 Å². The van der Waals surface area contributed by atoms with E-state index in [9.17, 15) is 23.6 Å². The van der Waals surface area contributed by atoms with Crippen molar-refractivity contribution in [1.29, 1.82) is 0 Å².